The lowest BCUT2D eigenvalue weighted by molar-refractivity contribution is -0.200. The van der Waals surface area contributed by atoms with Gasteiger partial charge < -0.3 is 9.74 Å². The topological polar surface area (TPSA) is 21.3 Å². The maximum atomic E-state index is 13.0. The quantitative estimate of drug-likeness (QED) is 0.783. The van der Waals surface area contributed by atoms with Crippen LogP contribution in [0.1, 0.15) is 27.2 Å². The zero-order valence-electron chi connectivity index (χ0n) is 11.8. The molecule has 0 amide bonds. The fraction of sp³-hybridized carbons (Fsp3) is 1.00. The van der Waals surface area contributed by atoms with Crippen LogP contribution in [0, 0.1) is 5.92 Å². The molecule has 0 bridgehead atoms. The third-order valence-electron chi connectivity index (χ3n) is 4.09. The van der Waals surface area contributed by atoms with Crippen molar-refractivity contribution in [2.75, 3.05) is 13.1 Å². The van der Waals surface area contributed by atoms with Crippen LogP contribution < -0.4 is 5.32 Å². The van der Waals surface area contributed by atoms with Crippen molar-refractivity contribution in [3.8, 4) is 0 Å². The van der Waals surface area contributed by atoms with E-state index in [9.17, 15) is 13.2 Å². The predicted octanol–water partition coefficient (Wildman–Crippen LogP) is 3.55. The first kappa shape index (κ1) is 16.0. The summed E-state index contributed by atoms with van der Waals surface area (Å²) in [6.45, 7) is 10.7. The zero-order chi connectivity index (χ0) is 14.2. The van der Waals surface area contributed by atoms with Crippen LogP contribution in [-0.2, 0) is 4.43 Å². The van der Waals surface area contributed by atoms with Gasteiger partial charge in [0.25, 0.3) is 0 Å². The van der Waals surface area contributed by atoms with Gasteiger partial charge in [-0.1, -0.05) is 20.8 Å². The molecule has 2 unspecified atom stereocenters. The molecule has 1 fully saturated rings. The van der Waals surface area contributed by atoms with Crippen LogP contribution in [0.3, 0.4) is 0 Å². The second-order valence-corrected chi connectivity index (χ2v) is 11.3. The van der Waals surface area contributed by atoms with E-state index in [1.54, 1.807) is 0 Å². The van der Waals surface area contributed by atoms with Gasteiger partial charge in [0.2, 0.25) is 0 Å². The Balaban J connectivity index is 2.80. The van der Waals surface area contributed by atoms with Crippen LogP contribution in [0.5, 0.6) is 0 Å². The fourth-order valence-electron chi connectivity index (χ4n) is 1.86. The minimum atomic E-state index is -4.18. The maximum Gasteiger partial charge on any atom is 0.395 e. The van der Waals surface area contributed by atoms with E-state index >= 15 is 0 Å². The second-order valence-electron chi connectivity index (χ2n) is 6.56. The van der Waals surface area contributed by atoms with Crippen molar-refractivity contribution >= 4 is 8.32 Å². The molecule has 1 aliphatic heterocycles. The summed E-state index contributed by atoms with van der Waals surface area (Å²) >= 11 is 0. The molecule has 0 spiro atoms. The summed E-state index contributed by atoms with van der Waals surface area (Å²) in [6.07, 6.45) is -4.43. The summed E-state index contributed by atoms with van der Waals surface area (Å²) in [7, 11) is -2.14. The Morgan fingerprint density at radius 1 is 1.17 bits per heavy atom. The lowest BCUT2D eigenvalue weighted by atomic mass is 9.96. The Morgan fingerprint density at radius 2 is 1.72 bits per heavy atom. The van der Waals surface area contributed by atoms with E-state index < -0.39 is 26.5 Å². The smallest absolute Gasteiger partial charge is 0.395 e. The van der Waals surface area contributed by atoms with E-state index in [-0.39, 0.29) is 11.6 Å². The van der Waals surface area contributed by atoms with Crippen LogP contribution in [0.15, 0.2) is 0 Å². The fourth-order valence-corrected chi connectivity index (χ4v) is 3.25. The Morgan fingerprint density at radius 3 is 2.17 bits per heavy atom. The second kappa shape index (κ2) is 5.13. The molecule has 6 heteroatoms. The highest BCUT2D eigenvalue weighted by atomic mass is 28.4. The molecule has 2 atom stereocenters. The summed E-state index contributed by atoms with van der Waals surface area (Å²) < 4.78 is 44.8. The highest BCUT2D eigenvalue weighted by Crippen LogP contribution is 2.41. The summed E-state index contributed by atoms with van der Waals surface area (Å²) in [4.78, 5) is 0. The van der Waals surface area contributed by atoms with Crippen molar-refractivity contribution in [1.29, 1.82) is 0 Å². The molecule has 1 aliphatic rings. The van der Waals surface area contributed by atoms with Gasteiger partial charge in [-0.25, -0.2) is 0 Å². The van der Waals surface area contributed by atoms with Crippen molar-refractivity contribution in [3.63, 3.8) is 0 Å². The van der Waals surface area contributed by atoms with Gasteiger partial charge in [0.1, 0.15) is 0 Å². The van der Waals surface area contributed by atoms with E-state index in [0.29, 0.717) is 13.0 Å². The Bertz CT molecular complexity index is 286. The predicted molar refractivity (Wildman–Crippen MR) is 69.1 cm³/mol. The van der Waals surface area contributed by atoms with Crippen LogP contribution in [0.2, 0.25) is 18.1 Å². The molecule has 0 aromatic heterocycles. The van der Waals surface area contributed by atoms with Crippen LogP contribution in [0.25, 0.3) is 0 Å². The number of hydrogen-bond donors (Lipinski definition) is 1. The molecule has 1 rings (SSSR count). The van der Waals surface area contributed by atoms with Crippen molar-refractivity contribution in [2.24, 2.45) is 5.92 Å². The third kappa shape index (κ3) is 3.71. The van der Waals surface area contributed by atoms with Crippen LogP contribution >= 0.6 is 0 Å². The van der Waals surface area contributed by atoms with E-state index in [4.69, 9.17) is 4.43 Å². The molecule has 1 N–H and O–H groups in total. The number of nitrogens with one attached hydrogen (secondary N) is 1. The molecule has 2 nitrogen and oxygen atoms in total. The zero-order valence-corrected chi connectivity index (χ0v) is 12.8. The van der Waals surface area contributed by atoms with Crippen LogP contribution in [0.4, 0.5) is 13.2 Å². The monoisotopic (exact) mass is 283 g/mol. The standard InChI is InChI=1S/C12H24F3NOSi/c1-11(2,3)18(4,5)17-10-6-7-16-8-9(10)12(13,14)15/h9-10,16H,6-8H2,1-5H3. The lowest BCUT2D eigenvalue weighted by Gasteiger charge is -2.43. The van der Waals surface area contributed by atoms with Crippen molar-refractivity contribution < 1.29 is 17.6 Å². The van der Waals surface area contributed by atoms with Gasteiger partial charge >= 0.3 is 6.18 Å². The van der Waals surface area contributed by atoms with Crippen molar-refractivity contribution in [1.82, 2.24) is 5.32 Å². The highest BCUT2D eigenvalue weighted by molar-refractivity contribution is 6.74. The molecule has 18 heavy (non-hydrogen) atoms. The first-order valence-corrected chi connectivity index (χ1v) is 9.31. The molecule has 108 valence electrons. The number of alkyl halides is 3. The lowest BCUT2D eigenvalue weighted by Crippen LogP contribution is -2.54. The first-order valence-electron chi connectivity index (χ1n) is 6.40. The maximum absolute atomic E-state index is 13.0. The average molecular weight is 283 g/mol. The van der Waals surface area contributed by atoms with Gasteiger partial charge in [0.05, 0.1) is 12.0 Å². The SMILES string of the molecule is CC(C)(C)[Si](C)(C)OC1CCNCC1C(F)(F)F. The Kier molecular flexibility index (Phi) is 4.56. The van der Waals surface area contributed by atoms with Crippen molar-refractivity contribution in [3.05, 3.63) is 0 Å². The van der Waals surface area contributed by atoms with Gasteiger partial charge in [0.15, 0.2) is 8.32 Å². The summed E-state index contributed by atoms with van der Waals surface area (Å²) in [5, 5.41) is 2.75. The Labute approximate surface area is 108 Å². The normalized spacial score (nSPS) is 27.3. The van der Waals surface area contributed by atoms with E-state index in [2.05, 4.69) is 5.32 Å². The molecule has 1 heterocycles. The van der Waals surface area contributed by atoms with Gasteiger partial charge in [-0.15, -0.1) is 0 Å². The third-order valence-corrected chi connectivity index (χ3v) is 8.60. The molecular formula is C12H24F3NOSi. The van der Waals surface area contributed by atoms with Crippen LogP contribution in [-0.4, -0.2) is 33.7 Å². The molecule has 0 aliphatic carbocycles. The molecule has 0 aromatic rings. The largest absolute Gasteiger partial charge is 0.413 e. The summed E-state index contributed by atoms with van der Waals surface area (Å²) in [6, 6.07) is 0. The average Bonchev–Trinajstić information content (AvgIpc) is 2.14. The number of halogens is 3. The number of piperidine rings is 1. The molecule has 0 aromatic carbocycles. The number of rotatable bonds is 2. The van der Waals surface area contributed by atoms with E-state index in [1.807, 2.05) is 33.9 Å². The molecule has 0 saturated carbocycles. The van der Waals surface area contributed by atoms with Gasteiger partial charge in [-0.05, 0) is 31.1 Å². The summed E-state index contributed by atoms with van der Waals surface area (Å²) in [5.41, 5.74) is 0. The van der Waals surface area contributed by atoms with E-state index in [1.165, 1.54) is 0 Å². The highest BCUT2D eigenvalue weighted by Gasteiger charge is 2.49. The van der Waals surface area contributed by atoms with Gasteiger partial charge in [0, 0.05) is 6.54 Å². The minimum Gasteiger partial charge on any atom is -0.413 e. The van der Waals surface area contributed by atoms with Gasteiger partial charge in [-0.3, -0.25) is 0 Å². The minimum absolute atomic E-state index is 0.0250. The Hall–Kier alpha value is -0.0731. The molecule has 1 saturated heterocycles. The number of hydrogen-bond acceptors (Lipinski definition) is 2. The van der Waals surface area contributed by atoms with Crippen molar-refractivity contribution in [2.45, 2.75) is 57.6 Å². The summed E-state index contributed by atoms with van der Waals surface area (Å²) in [5.74, 6) is -1.37. The first-order chi connectivity index (χ1) is 7.95. The van der Waals surface area contributed by atoms with E-state index in [0.717, 1.165) is 0 Å². The molecule has 0 radical (unpaired) electrons. The molecular weight excluding hydrogens is 259 g/mol. The van der Waals surface area contributed by atoms with Gasteiger partial charge in [-0.2, -0.15) is 13.2 Å².